The number of aryl methyl sites for hydroxylation is 1. The standard InChI is InChI=1S/C16H18N2O3/c1-10-8-11(9-10)18-14(6-7-15(19)20)17-13-5-3-2-4-12(13)16(18)21/h2-5,10-11H,6-9H2,1H3,(H,19,20). The van der Waals surface area contributed by atoms with Crippen LogP contribution in [0.25, 0.3) is 10.9 Å². The molecule has 1 aliphatic carbocycles. The molecule has 21 heavy (non-hydrogen) atoms. The normalized spacial score (nSPS) is 21.2. The summed E-state index contributed by atoms with van der Waals surface area (Å²) in [5.74, 6) is 0.338. The molecule has 1 fully saturated rings. The molecule has 110 valence electrons. The van der Waals surface area contributed by atoms with Crippen molar-refractivity contribution in [3.8, 4) is 0 Å². The summed E-state index contributed by atoms with van der Waals surface area (Å²) in [5, 5.41) is 9.49. The Morgan fingerprint density at radius 3 is 2.76 bits per heavy atom. The van der Waals surface area contributed by atoms with E-state index in [2.05, 4.69) is 11.9 Å². The highest BCUT2D eigenvalue weighted by Crippen LogP contribution is 2.37. The number of nitrogens with zero attached hydrogens (tertiary/aromatic N) is 2. The molecule has 1 N–H and O–H groups in total. The van der Waals surface area contributed by atoms with Gasteiger partial charge in [0.2, 0.25) is 0 Å². The van der Waals surface area contributed by atoms with E-state index in [1.54, 1.807) is 16.7 Å². The third-order valence-corrected chi connectivity index (χ3v) is 4.16. The Balaban J connectivity index is 2.11. The minimum Gasteiger partial charge on any atom is -0.481 e. The number of hydrogen-bond acceptors (Lipinski definition) is 3. The largest absolute Gasteiger partial charge is 0.481 e. The van der Waals surface area contributed by atoms with E-state index >= 15 is 0 Å². The van der Waals surface area contributed by atoms with Gasteiger partial charge < -0.3 is 5.11 Å². The lowest BCUT2D eigenvalue weighted by Gasteiger charge is -2.35. The molecule has 0 radical (unpaired) electrons. The molecule has 1 heterocycles. The predicted molar refractivity (Wildman–Crippen MR) is 79.4 cm³/mol. The number of aliphatic carboxylic acids is 1. The van der Waals surface area contributed by atoms with Crippen molar-refractivity contribution in [3.05, 3.63) is 40.4 Å². The summed E-state index contributed by atoms with van der Waals surface area (Å²) in [7, 11) is 0. The van der Waals surface area contributed by atoms with E-state index < -0.39 is 5.97 Å². The van der Waals surface area contributed by atoms with Crippen LogP contribution in [-0.2, 0) is 11.2 Å². The van der Waals surface area contributed by atoms with Crippen molar-refractivity contribution in [1.29, 1.82) is 0 Å². The summed E-state index contributed by atoms with van der Waals surface area (Å²) in [6.45, 7) is 2.16. The molecule has 0 atom stereocenters. The van der Waals surface area contributed by atoms with Crippen molar-refractivity contribution < 1.29 is 9.90 Å². The van der Waals surface area contributed by atoms with Crippen molar-refractivity contribution in [2.24, 2.45) is 5.92 Å². The molecular formula is C16H18N2O3. The number of para-hydroxylation sites is 1. The molecule has 1 saturated carbocycles. The van der Waals surface area contributed by atoms with Gasteiger partial charge in [0.15, 0.2) is 0 Å². The van der Waals surface area contributed by atoms with Crippen LogP contribution in [0.15, 0.2) is 29.1 Å². The van der Waals surface area contributed by atoms with Crippen LogP contribution in [0.1, 0.15) is 38.1 Å². The quantitative estimate of drug-likeness (QED) is 0.936. The van der Waals surface area contributed by atoms with Gasteiger partial charge in [-0.15, -0.1) is 0 Å². The van der Waals surface area contributed by atoms with Crippen LogP contribution in [0.3, 0.4) is 0 Å². The van der Waals surface area contributed by atoms with Gasteiger partial charge in [-0.2, -0.15) is 0 Å². The minimum absolute atomic E-state index is 0.00689. The van der Waals surface area contributed by atoms with Gasteiger partial charge in [0.05, 0.1) is 17.3 Å². The van der Waals surface area contributed by atoms with E-state index in [-0.39, 0.29) is 18.0 Å². The Morgan fingerprint density at radius 1 is 1.38 bits per heavy atom. The summed E-state index contributed by atoms with van der Waals surface area (Å²) in [6.07, 6.45) is 2.20. The SMILES string of the molecule is CC1CC(n2c(CCC(=O)O)nc3ccccc3c2=O)C1. The molecule has 1 aliphatic rings. The highest BCUT2D eigenvalue weighted by atomic mass is 16.4. The zero-order valence-electron chi connectivity index (χ0n) is 12.0. The zero-order valence-corrected chi connectivity index (χ0v) is 12.0. The highest BCUT2D eigenvalue weighted by molar-refractivity contribution is 5.77. The molecule has 0 unspecified atom stereocenters. The zero-order chi connectivity index (χ0) is 15.0. The van der Waals surface area contributed by atoms with Crippen molar-refractivity contribution in [2.45, 2.75) is 38.6 Å². The Labute approximate surface area is 122 Å². The summed E-state index contributed by atoms with van der Waals surface area (Å²) in [5.41, 5.74) is 0.601. The molecule has 0 amide bonds. The Morgan fingerprint density at radius 2 is 2.10 bits per heavy atom. The second-order valence-corrected chi connectivity index (χ2v) is 5.84. The lowest BCUT2D eigenvalue weighted by Crippen LogP contribution is -2.36. The number of rotatable bonds is 4. The van der Waals surface area contributed by atoms with Gasteiger partial charge in [0, 0.05) is 12.5 Å². The van der Waals surface area contributed by atoms with Crippen molar-refractivity contribution >= 4 is 16.9 Å². The fourth-order valence-electron chi connectivity index (χ4n) is 3.03. The van der Waals surface area contributed by atoms with Crippen LogP contribution in [0.2, 0.25) is 0 Å². The van der Waals surface area contributed by atoms with E-state index in [0.717, 1.165) is 12.8 Å². The van der Waals surface area contributed by atoms with E-state index in [1.807, 2.05) is 12.1 Å². The molecule has 0 spiro atoms. The number of benzene rings is 1. The van der Waals surface area contributed by atoms with Crippen molar-refractivity contribution in [2.75, 3.05) is 0 Å². The van der Waals surface area contributed by atoms with Gasteiger partial charge in [0.1, 0.15) is 5.82 Å². The van der Waals surface area contributed by atoms with Crippen LogP contribution in [0.4, 0.5) is 0 Å². The van der Waals surface area contributed by atoms with E-state index in [4.69, 9.17) is 5.11 Å². The smallest absolute Gasteiger partial charge is 0.303 e. The average molecular weight is 286 g/mol. The molecule has 1 aromatic heterocycles. The van der Waals surface area contributed by atoms with Crippen LogP contribution in [-0.4, -0.2) is 20.6 Å². The number of carbonyl (C=O) groups is 1. The summed E-state index contributed by atoms with van der Waals surface area (Å²) < 4.78 is 1.73. The van der Waals surface area contributed by atoms with Crippen molar-refractivity contribution in [1.82, 2.24) is 9.55 Å². The van der Waals surface area contributed by atoms with Crippen LogP contribution < -0.4 is 5.56 Å². The van der Waals surface area contributed by atoms with Gasteiger partial charge in [-0.1, -0.05) is 19.1 Å². The second-order valence-electron chi connectivity index (χ2n) is 5.84. The molecule has 2 aromatic rings. The first-order valence-electron chi connectivity index (χ1n) is 7.28. The molecular weight excluding hydrogens is 268 g/mol. The van der Waals surface area contributed by atoms with Crippen LogP contribution >= 0.6 is 0 Å². The number of carboxylic acids is 1. The Bertz CT molecular complexity index is 745. The Kier molecular flexibility index (Phi) is 3.49. The predicted octanol–water partition coefficient (Wildman–Crippen LogP) is 2.38. The minimum atomic E-state index is -0.870. The second kappa shape index (κ2) is 5.31. The van der Waals surface area contributed by atoms with Gasteiger partial charge in [-0.3, -0.25) is 14.2 Å². The van der Waals surface area contributed by atoms with Gasteiger partial charge >= 0.3 is 5.97 Å². The molecule has 5 heteroatoms. The molecule has 0 saturated heterocycles. The summed E-state index contributed by atoms with van der Waals surface area (Å²) >= 11 is 0. The number of aromatic nitrogens is 2. The third kappa shape index (κ3) is 2.55. The summed E-state index contributed by atoms with van der Waals surface area (Å²) in [6, 6.07) is 7.41. The maximum atomic E-state index is 12.7. The van der Waals surface area contributed by atoms with Gasteiger partial charge in [-0.05, 0) is 30.9 Å². The average Bonchev–Trinajstić information content (AvgIpc) is 2.42. The fraction of sp³-hybridized carbons (Fsp3) is 0.438. The highest BCUT2D eigenvalue weighted by Gasteiger charge is 2.30. The summed E-state index contributed by atoms with van der Waals surface area (Å²) in [4.78, 5) is 28.1. The topological polar surface area (TPSA) is 72.2 Å². The molecule has 3 rings (SSSR count). The van der Waals surface area contributed by atoms with Gasteiger partial charge in [0.25, 0.3) is 5.56 Å². The first kappa shape index (κ1) is 13.8. The van der Waals surface area contributed by atoms with Crippen LogP contribution in [0.5, 0.6) is 0 Å². The van der Waals surface area contributed by atoms with Gasteiger partial charge in [-0.25, -0.2) is 4.98 Å². The lowest BCUT2D eigenvalue weighted by molar-refractivity contribution is -0.137. The van der Waals surface area contributed by atoms with E-state index in [1.165, 1.54) is 0 Å². The maximum Gasteiger partial charge on any atom is 0.303 e. The lowest BCUT2D eigenvalue weighted by atomic mass is 9.81. The number of fused-ring (bicyclic) bond motifs is 1. The molecule has 0 bridgehead atoms. The van der Waals surface area contributed by atoms with E-state index in [9.17, 15) is 9.59 Å². The first-order valence-corrected chi connectivity index (χ1v) is 7.28. The molecule has 1 aromatic carbocycles. The molecule has 5 nitrogen and oxygen atoms in total. The maximum absolute atomic E-state index is 12.7. The third-order valence-electron chi connectivity index (χ3n) is 4.16. The van der Waals surface area contributed by atoms with Crippen molar-refractivity contribution in [3.63, 3.8) is 0 Å². The number of carboxylic acid groups (broad SMARTS) is 1. The monoisotopic (exact) mass is 286 g/mol. The molecule has 0 aliphatic heterocycles. The fourth-order valence-corrected chi connectivity index (χ4v) is 3.03. The van der Waals surface area contributed by atoms with Crippen LogP contribution in [0, 0.1) is 5.92 Å². The first-order chi connectivity index (χ1) is 10.1. The van der Waals surface area contributed by atoms with E-state index in [0.29, 0.717) is 29.1 Å². The number of hydrogen-bond donors (Lipinski definition) is 1. The Hall–Kier alpha value is -2.17.